The summed E-state index contributed by atoms with van der Waals surface area (Å²) in [5, 5.41) is 0. The van der Waals surface area contributed by atoms with Crippen LogP contribution in [-0.2, 0) is 4.74 Å². The van der Waals surface area contributed by atoms with Gasteiger partial charge < -0.3 is 9.47 Å². The third-order valence-corrected chi connectivity index (χ3v) is 6.41. The van der Waals surface area contributed by atoms with E-state index in [-0.39, 0.29) is 37.4 Å². The van der Waals surface area contributed by atoms with E-state index in [0.717, 1.165) is 0 Å². The second-order valence-corrected chi connectivity index (χ2v) is 10.5. The SMILES string of the molecule is C[C@H](CCCN1C(=O)c2ccccc2C1=O)Oc1ccc(F)cc1[C@H]1C[C@H](F)CN1C(=O)OC(C)(C)C. The molecule has 2 aromatic rings. The summed E-state index contributed by atoms with van der Waals surface area (Å²) in [5.74, 6) is -0.784. The normalized spacial score (nSPS) is 20.3. The van der Waals surface area contributed by atoms with E-state index in [1.54, 1.807) is 45.0 Å². The molecule has 198 valence electrons. The summed E-state index contributed by atoms with van der Waals surface area (Å²) in [7, 11) is 0. The molecule has 0 N–H and O–H groups in total. The van der Waals surface area contributed by atoms with Crippen molar-refractivity contribution >= 4 is 17.9 Å². The molecule has 7 nitrogen and oxygen atoms in total. The molecule has 0 spiro atoms. The molecule has 0 radical (unpaired) electrons. The van der Waals surface area contributed by atoms with Crippen LogP contribution in [0.2, 0.25) is 0 Å². The molecule has 2 heterocycles. The average Bonchev–Trinajstić information content (AvgIpc) is 3.33. The number of imide groups is 1. The Hall–Kier alpha value is -3.49. The van der Waals surface area contributed by atoms with Crippen LogP contribution in [0, 0.1) is 5.82 Å². The molecule has 2 aromatic carbocycles. The zero-order chi connectivity index (χ0) is 26.9. The van der Waals surface area contributed by atoms with Gasteiger partial charge in [-0.15, -0.1) is 0 Å². The summed E-state index contributed by atoms with van der Waals surface area (Å²) in [6, 6.07) is 9.99. The molecule has 2 aliphatic rings. The number of hydrogen-bond donors (Lipinski definition) is 0. The largest absolute Gasteiger partial charge is 0.490 e. The van der Waals surface area contributed by atoms with E-state index in [4.69, 9.17) is 9.47 Å². The Morgan fingerprint density at radius 2 is 1.76 bits per heavy atom. The number of benzene rings is 2. The van der Waals surface area contributed by atoms with Crippen molar-refractivity contribution < 1.29 is 32.6 Å². The number of alkyl halides is 1. The highest BCUT2D eigenvalue weighted by Gasteiger charge is 2.40. The summed E-state index contributed by atoms with van der Waals surface area (Å²) >= 11 is 0. The van der Waals surface area contributed by atoms with Crippen LogP contribution in [0.3, 0.4) is 0 Å². The summed E-state index contributed by atoms with van der Waals surface area (Å²) in [4.78, 5) is 40.4. The molecule has 1 fully saturated rings. The van der Waals surface area contributed by atoms with Gasteiger partial charge in [0.1, 0.15) is 23.3 Å². The highest BCUT2D eigenvalue weighted by Crippen LogP contribution is 2.40. The Labute approximate surface area is 215 Å². The number of carbonyl (C=O) groups excluding carboxylic acids is 3. The molecular weight excluding hydrogens is 482 g/mol. The average molecular weight is 515 g/mol. The van der Waals surface area contributed by atoms with Crippen molar-refractivity contribution in [3.8, 4) is 5.75 Å². The van der Waals surface area contributed by atoms with Gasteiger partial charge in [-0.2, -0.15) is 0 Å². The Morgan fingerprint density at radius 3 is 2.38 bits per heavy atom. The molecule has 0 saturated carbocycles. The zero-order valence-corrected chi connectivity index (χ0v) is 21.5. The molecule has 0 unspecified atom stereocenters. The number of carbonyl (C=O) groups is 3. The maximum Gasteiger partial charge on any atom is 0.410 e. The molecule has 1 saturated heterocycles. The number of rotatable bonds is 7. The van der Waals surface area contributed by atoms with Gasteiger partial charge >= 0.3 is 6.09 Å². The van der Waals surface area contributed by atoms with Crippen LogP contribution in [0.4, 0.5) is 13.6 Å². The van der Waals surface area contributed by atoms with Crippen LogP contribution in [0.1, 0.15) is 79.3 Å². The Bertz CT molecular complexity index is 1160. The van der Waals surface area contributed by atoms with Gasteiger partial charge in [0.15, 0.2) is 0 Å². The van der Waals surface area contributed by atoms with Crippen molar-refractivity contribution in [2.45, 2.75) is 70.9 Å². The smallest absolute Gasteiger partial charge is 0.410 e. The highest BCUT2D eigenvalue weighted by atomic mass is 19.1. The number of amides is 3. The molecule has 3 atom stereocenters. The van der Waals surface area contributed by atoms with Crippen LogP contribution >= 0.6 is 0 Å². The van der Waals surface area contributed by atoms with E-state index in [0.29, 0.717) is 35.3 Å². The quantitative estimate of drug-likeness (QED) is 0.444. The molecule has 0 aromatic heterocycles. The summed E-state index contributed by atoms with van der Waals surface area (Å²) < 4.78 is 40.2. The fourth-order valence-corrected chi connectivity index (χ4v) is 4.74. The Morgan fingerprint density at radius 1 is 1.11 bits per heavy atom. The molecule has 2 aliphatic heterocycles. The van der Waals surface area contributed by atoms with Gasteiger partial charge in [0.25, 0.3) is 11.8 Å². The van der Waals surface area contributed by atoms with Gasteiger partial charge in [-0.05, 0) is 70.9 Å². The van der Waals surface area contributed by atoms with E-state index in [2.05, 4.69) is 0 Å². The van der Waals surface area contributed by atoms with Gasteiger partial charge in [-0.1, -0.05) is 12.1 Å². The van der Waals surface area contributed by atoms with Gasteiger partial charge in [0.05, 0.1) is 29.8 Å². The first-order chi connectivity index (χ1) is 17.4. The lowest BCUT2D eigenvalue weighted by atomic mass is 10.0. The van der Waals surface area contributed by atoms with Crippen LogP contribution in [0.5, 0.6) is 5.75 Å². The summed E-state index contributed by atoms with van der Waals surface area (Å²) in [6.07, 6.45) is -1.27. The van der Waals surface area contributed by atoms with Crippen molar-refractivity contribution in [1.29, 1.82) is 0 Å². The van der Waals surface area contributed by atoms with E-state index in [1.807, 2.05) is 6.92 Å². The van der Waals surface area contributed by atoms with Crippen LogP contribution < -0.4 is 4.74 Å². The fraction of sp³-hybridized carbons (Fsp3) is 0.464. The fourth-order valence-electron chi connectivity index (χ4n) is 4.74. The number of fused-ring (bicyclic) bond motifs is 1. The molecule has 4 rings (SSSR count). The predicted molar refractivity (Wildman–Crippen MR) is 133 cm³/mol. The Balaban J connectivity index is 1.42. The van der Waals surface area contributed by atoms with Crippen molar-refractivity contribution in [2.75, 3.05) is 13.1 Å². The topological polar surface area (TPSA) is 76.2 Å². The van der Waals surface area contributed by atoms with Gasteiger partial charge in [0, 0.05) is 18.5 Å². The van der Waals surface area contributed by atoms with Crippen molar-refractivity contribution in [1.82, 2.24) is 9.80 Å². The van der Waals surface area contributed by atoms with E-state index >= 15 is 0 Å². The lowest BCUT2D eigenvalue weighted by Crippen LogP contribution is -2.37. The minimum atomic E-state index is -1.27. The number of hydrogen-bond acceptors (Lipinski definition) is 5. The second kappa shape index (κ2) is 10.5. The first kappa shape index (κ1) is 26.6. The monoisotopic (exact) mass is 514 g/mol. The van der Waals surface area contributed by atoms with E-state index < -0.39 is 29.7 Å². The minimum absolute atomic E-state index is 0.00712. The molecule has 0 aliphatic carbocycles. The van der Waals surface area contributed by atoms with Gasteiger partial charge in [-0.25, -0.2) is 13.6 Å². The van der Waals surface area contributed by atoms with E-state index in [1.165, 1.54) is 28.0 Å². The lowest BCUT2D eigenvalue weighted by molar-refractivity contribution is 0.0213. The number of nitrogens with zero attached hydrogens (tertiary/aromatic N) is 2. The highest BCUT2D eigenvalue weighted by molar-refractivity contribution is 6.21. The van der Waals surface area contributed by atoms with Crippen LogP contribution in [0.25, 0.3) is 0 Å². The molecule has 0 bridgehead atoms. The number of halogens is 2. The third kappa shape index (κ3) is 5.92. The Kier molecular flexibility index (Phi) is 7.52. The van der Waals surface area contributed by atoms with Crippen LogP contribution in [0.15, 0.2) is 42.5 Å². The third-order valence-electron chi connectivity index (χ3n) is 6.41. The van der Waals surface area contributed by atoms with Crippen molar-refractivity contribution in [2.24, 2.45) is 0 Å². The summed E-state index contributed by atoms with van der Waals surface area (Å²) in [5.41, 5.74) is 0.430. The van der Waals surface area contributed by atoms with Crippen LogP contribution in [-0.4, -0.2) is 58.7 Å². The second-order valence-electron chi connectivity index (χ2n) is 10.5. The number of likely N-dealkylation sites (tertiary alicyclic amines) is 1. The van der Waals surface area contributed by atoms with Gasteiger partial charge in [-0.3, -0.25) is 19.4 Å². The molecule has 9 heteroatoms. The first-order valence-corrected chi connectivity index (χ1v) is 12.5. The molecular formula is C28H32F2N2O5. The maximum absolute atomic E-state index is 14.4. The number of ether oxygens (including phenoxy) is 2. The first-order valence-electron chi connectivity index (χ1n) is 12.5. The minimum Gasteiger partial charge on any atom is -0.490 e. The molecule has 37 heavy (non-hydrogen) atoms. The van der Waals surface area contributed by atoms with Crippen molar-refractivity contribution in [3.63, 3.8) is 0 Å². The molecule has 3 amide bonds. The lowest BCUT2D eigenvalue weighted by Gasteiger charge is -2.30. The predicted octanol–water partition coefficient (Wildman–Crippen LogP) is 5.69. The standard InChI is InChI=1S/C28H32F2N2O5/c1-17(8-7-13-31-25(33)20-9-5-6-10-21(20)26(31)34)36-24-12-11-18(29)14-22(24)23-15-19(30)16-32(23)27(35)37-28(2,3)4/h5-6,9-12,14,17,19,23H,7-8,13,15-16H2,1-4H3/t17-,19+,23-/m1/s1. The van der Waals surface area contributed by atoms with Crippen molar-refractivity contribution in [3.05, 3.63) is 65.0 Å². The maximum atomic E-state index is 14.4. The van der Waals surface area contributed by atoms with Gasteiger partial charge in [0.2, 0.25) is 0 Å². The summed E-state index contributed by atoms with van der Waals surface area (Å²) in [6.45, 7) is 7.10. The zero-order valence-electron chi connectivity index (χ0n) is 21.5. The van der Waals surface area contributed by atoms with E-state index in [9.17, 15) is 23.2 Å².